The van der Waals surface area contributed by atoms with Crippen LogP contribution in [0.15, 0.2) is 35.3 Å². The molecule has 2 unspecified atom stereocenters. The lowest BCUT2D eigenvalue weighted by Crippen LogP contribution is -2.48. The minimum absolute atomic E-state index is 0.530. The van der Waals surface area contributed by atoms with Gasteiger partial charge in [0.25, 0.3) is 0 Å². The summed E-state index contributed by atoms with van der Waals surface area (Å²) in [4.78, 5) is 9.49. The second-order valence-electron chi connectivity index (χ2n) is 7.83. The Balaban J connectivity index is 1.42. The summed E-state index contributed by atoms with van der Waals surface area (Å²) in [6, 6.07) is 12.7. The number of aliphatic imine (C=N–C) groups is 1. The van der Waals surface area contributed by atoms with E-state index in [2.05, 4.69) is 69.7 Å². The van der Waals surface area contributed by atoms with Crippen LogP contribution in [-0.4, -0.2) is 67.6 Å². The lowest BCUT2D eigenvalue weighted by Gasteiger charge is -2.27. The van der Waals surface area contributed by atoms with Gasteiger partial charge >= 0.3 is 0 Å². The van der Waals surface area contributed by atoms with Crippen LogP contribution in [0.2, 0.25) is 0 Å². The molecule has 0 radical (unpaired) electrons. The number of likely N-dealkylation sites (N-methyl/N-ethyl adjacent to an activating group) is 1. The van der Waals surface area contributed by atoms with Gasteiger partial charge in [0.2, 0.25) is 0 Å². The molecule has 0 aromatic heterocycles. The van der Waals surface area contributed by atoms with Crippen molar-refractivity contribution in [3.05, 3.63) is 35.9 Å². The molecular weight excluding hydrogens is 322 g/mol. The maximum Gasteiger partial charge on any atom is 0.191 e. The van der Waals surface area contributed by atoms with E-state index in [9.17, 15) is 0 Å². The normalized spacial score (nSPS) is 22.6. The van der Waals surface area contributed by atoms with E-state index in [1.165, 1.54) is 37.8 Å². The zero-order valence-corrected chi connectivity index (χ0v) is 16.6. The summed E-state index contributed by atoms with van der Waals surface area (Å²) < 4.78 is 0. The Morgan fingerprint density at radius 1 is 1.23 bits per heavy atom. The minimum Gasteiger partial charge on any atom is -0.355 e. The average Bonchev–Trinajstić information content (AvgIpc) is 3.43. The van der Waals surface area contributed by atoms with Gasteiger partial charge in [0, 0.05) is 44.8 Å². The van der Waals surface area contributed by atoms with Gasteiger partial charge in [-0.15, -0.1) is 0 Å². The molecule has 0 amide bonds. The molecular formula is C21H35N5. The summed E-state index contributed by atoms with van der Waals surface area (Å²) in [5, 5.41) is 7.04. The lowest BCUT2D eigenvalue weighted by molar-refractivity contribution is 0.242. The molecule has 1 heterocycles. The standard InChI is InChI=1S/C21H35N5/c1-17(25(3)19-11-12-19)14-23-21(22-2)24-15-20-10-7-13-26(20)16-18-8-5-4-6-9-18/h4-6,8-9,17,19-20H,7,10-16H2,1-3H3,(H2,22,23,24). The van der Waals surface area contributed by atoms with Crippen LogP contribution < -0.4 is 10.6 Å². The zero-order valence-electron chi connectivity index (χ0n) is 16.6. The van der Waals surface area contributed by atoms with Crippen LogP contribution in [0.1, 0.15) is 38.2 Å². The molecule has 144 valence electrons. The van der Waals surface area contributed by atoms with Crippen molar-refractivity contribution in [2.24, 2.45) is 4.99 Å². The molecule has 1 aliphatic heterocycles. The topological polar surface area (TPSA) is 42.9 Å². The molecule has 2 atom stereocenters. The molecule has 1 saturated carbocycles. The predicted octanol–water partition coefficient (Wildman–Crippen LogP) is 2.30. The Bertz CT molecular complexity index is 569. The summed E-state index contributed by atoms with van der Waals surface area (Å²) >= 11 is 0. The van der Waals surface area contributed by atoms with Gasteiger partial charge < -0.3 is 10.6 Å². The summed E-state index contributed by atoms with van der Waals surface area (Å²) in [5.74, 6) is 0.924. The first-order chi connectivity index (χ1) is 12.7. The summed E-state index contributed by atoms with van der Waals surface area (Å²) in [5.41, 5.74) is 1.40. The van der Waals surface area contributed by atoms with E-state index in [0.29, 0.717) is 12.1 Å². The Hall–Kier alpha value is -1.59. The van der Waals surface area contributed by atoms with Gasteiger partial charge in [-0.05, 0) is 51.8 Å². The fourth-order valence-corrected chi connectivity index (χ4v) is 3.82. The SMILES string of the molecule is CN=C(NCC1CCCN1Cc1ccccc1)NCC(C)N(C)C1CC1. The molecule has 1 saturated heterocycles. The Morgan fingerprint density at radius 3 is 2.69 bits per heavy atom. The van der Waals surface area contributed by atoms with Gasteiger partial charge in [-0.25, -0.2) is 0 Å². The van der Waals surface area contributed by atoms with Crippen molar-refractivity contribution in [2.75, 3.05) is 33.7 Å². The number of rotatable bonds is 8. The van der Waals surface area contributed by atoms with Crippen LogP contribution in [0.5, 0.6) is 0 Å². The van der Waals surface area contributed by atoms with E-state index in [1.807, 2.05) is 7.05 Å². The zero-order chi connectivity index (χ0) is 18.4. The molecule has 2 fully saturated rings. The van der Waals surface area contributed by atoms with Gasteiger partial charge in [0.05, 0.1) is 0 Å². The number of guanidine groups is 1. The first-order valence-electron chi connectivity index (χ1n) is 10.1. The summed E-state index contributed by atoms with van der Waals surface area (Å²) in [7, 11) is 4.10. The Labute approximate surface area is 158 Å². The van der Waals surface area contributed by atoms with Gasteiger partial charge in [-0.1, -0.05) is 30.3 Å². The highest BCUT2D eigenvalue weighted by Crippen LogP contribution is 2.26. The highest BCUT2D eigenvalue weighted by molar-refractivity contribution is 5.79. The third-order valence-electron chi connectivity index (χ3n) is 5.84. The predicted molar refractivity (Wildman–Crippen MR) is 109 cm³/mol. The van der Waals surface area contributed by atoms with Crippen molar-refractivity contribution in [1.29, 1.82) is 0 Å². The van der Waals surface area contributed by atoms with Crippen LogP contribution >= 0.6 is 0 Å². The molecule has 1 aromatic carbocycles. The van der Waals surface area contributed by atoms with Crippen LogP contribution in [0.25, 0.3) is 0 Å². The fourth-order valence-electron chi connectivity index (χ4n) is 3.82. The van der Waals surface area contributed by atoms with E-state index in [0.717, 1.165) is 31.6 Å². The molecule has 26 heavy (non-hydrogen) atoms. The third-order valence-corrected chi connectivity index (χ3v) is 5.84. The summed E-state index contributed by atoms with van der Waals surface area (Å²) in [6.07, 6.45) is 5.26. The van der Waals surface area contributed by atoms with Crippen LogP contribution in [0, 0.1) is 0 Å². The van der Waals surface area contributed by atoms with E-state index < -0.39 is 0 Å². The lowest BCUT2D eigenvalue weighted by atomic mass is 10.2. The van der Waals surface area contributed by atoms with Gasteiger partial charge in [0.15, 0.2) is 5.96 Å². The number of hydrogen-bond acceptors (Lipinski definition) is 3. The van der Waals surface area contributed by atoms with Gasteiger partial charge in [-0.3, -0.25) is 14.8 Å². The van der Waals surface area contributed by atoms with Crippen LogP contribution in [0.3, 0.4) is 0 Å². The Kier molecular flexibility index (Phi) is 6.92. The Morgan fingerprint density at radius 2 is 2.00 bits per heavy atom. The van der Waals surface area contributed by atoms with Crippen molar-refractivity contribution in [2.45, 2.75) is 57.3 Å². The molecule has 0 spiro atoms. The molecule has 1 aliphatic carbocycles. The molecule has 0 bridgehead atoms. The first-order valence-corrected chi connectivity index (χ1v) is 10.1. The molecule has 2 N–H and O–H groups in total. The van der Waals surface area contributed by atoms with E-state index in [4.69, 9.17) is 0 Å². The van der Waals surface area contributed by atoms with Crippen molar-refractivity contribution in [1.82, 2.24) is 20.4 Å². The summed E-state index contributed by atoms with van der Waals surface area (Å²) in [6.45, 7) is 6.42. The van der Waals surface area contributed by atoms with Crippen molar-refractivity contribution in [3.63, 3.8) is 0 Å². The molecule has 5 nitrogen and oxygen atoms in total. The van der Waals surface area contributed by atoms with Crippen molar-refractivity contribution in [3.8, 4) is 0 Å². The van der Waals surface area contributed by atoms with Crippen molar-refractivity contribution >= 4 is 5.96 Å². The number of hydrogen-bond donors (Lipinski definition) is 2. The fraction of sp³-hybridized carbons (Fsp3) is 0.667. The van der Waals surface area contributed by atoms with Crippen LogP contribution in [-0.2, 0) is 6.54 Å². The monoisotopic (exact) mass is 357 g/mol. The third kappa shape index (κ3) is 5.45. The maximum absolute atomic E-state index is 4.41. The smallest absolute Gasteiger partial charge is 0.191 e. The molecule has 2 aliphatic rings. The maximum atomic E-state index is 4.41. The largest absolute Gasteiger partial charge is 0.355 e. The second kappa shape index (κ2) is 9.38. The van der Waals surface area contributed by atoms with Crippen molar-refractivity contribution < 1.29 is 0 Å². The van der Waals surface area contributed by atoms with E-state index in [-0.39, 0.29) is 0 Å². The van der Waals surface area contributed by atoms with E-state index >= 15 is 0 Å². The minimum atomic E-state index is 0.530. The second-order valence-corrected chi connectivity index (χ2v) is 7.83. The quantitative estimate of drug-likeness (QED) is 0.553. The number of nitrogens with zero attached hydrogens (tertiary/aromatic N) is 3. The highest BCUT2D eigenvalue weighted by Gasteiger charge is 2.29. The number of nitrogens with one attached hydrogen (secondary N) is 2. The average molecular weight is 358 g/mol. The molecule has 3 rings (SSSR count). The van der Waals surface area contributed by atoms with Crippen LogP contribution in [0.4, 0.5) is 0 Å². The van der Waals surface area contributed by atoms with Gasteiger partial charge in [-0.2, -0.15) is 0 Å². The number of likely N-dealkylation sites (tertiary alicyclic amines) is 1. The van der Waals surface area contributed by atoms with Gasteiger partial charge in [0.1, 0.15) is 0 Å². The number of benzene rings is 1. The molecule has 1 aromatic rings. The van der Waals surface area contributed by atoms with E-state index in [1.54, 1.807) is 0 Å². The first kappa shape index (κ1) is 19.2. The molecule has 5 heteroatoms. The highest BCUT2D eigenvalue weighted by atomic mass is 15.2.